The van der Waals surface area contributed by atoms with Crippen molar-refractivity contribution in [3.8, 4) is 0 Å². The largest absolute Gasteiger partial charge is 0.478 e. The van der Waals surface area contributed by atoms with Gasteiger partial charge >= 0.3 is 11.9 Å². The summed E-state index contributed by atoms with van der Waals surface area (Å²) in [4.78, 5) is 35.1. The van der Waals surface area contributed by atoms with Gasteiger partial charge in [-0.1, -0.05) is 41.6 Å². The molecule has 0 aliphatic heterocycles. The highest BCUT2D eigenvalue weighted by Crippen LogP contribution is 2.13. The maximum absolute atomic E-state index is 12.2. The van der Waals surface area contributed by atoms with Crippen molar-refractivity contribution in [2.24, 2.45) is 5.92 Å². The molecule has 0 bridgehead atoms. The van der Waals surface area contributed by atoms with E-state index in [-0.39, 0.29) is 17.0 Å². The number of carboxylic acids is 1. The molecule has 1 aromatic rings. The Bertz CT molecular complexity index is 546. The summed E-state index contributed by atoms with van der Waals surface area (Å²) in [6, 6.07) is 5.02. The Morgan fingerprint density at radius 1 is 1.29 bits per heavy atom. The lowest BCUT2D eigenvalue weighted by Crippen LogP contribution is -2.46. The summed E-state index contributed by atoms with van der Waals surface area (Å²) in [5.41, 5.74) is -0.0969. The maximum Gasteiger partial charge on any atom is 0.336 e. The monoisotopic (exact) mass is 405 g/mol. The summed E-state index contributed by atoms with van der Waals surface area (Å²) in [6.45, 7) is 1.80. The lowest BCUT2D eigenvalue weighted by molar-refractivity contribution is -0.143. The zero-order valence-corrected chi connectivity index (χ0v) is 13.8. The SMILES string of the molecule is COC(=O)[C@@H](NC(=O)c1ccccc1C(=O)O)C(C)CI. The number of hydrogen-bond donors (Lipinski definition) is 2. The number of halogens is 1. The van der Waals surface area contributed by atoms with E-state index in [0.29, 0.717) is 4.43 Å². The van der Waals surface area contributed by atoms with Gasteiger partial charge in [-0.3, -0.25) is 4.79 Å². The third kappa shape index (κ3) is 4.42. The number of hydrogen-bond acceptors (Lipinski definition) is 4. The zero-order chi connectivity index (χ0) is 16.0. The van der Waals surface area contributed by atoms with Gasteiger partial charge in [-0.25, -0.2) is 9.59 Å². The highest BCUT2D eigenvalue weighted by atomic mass is 127. The predicted octanol–water partition coefficient (Wildman–Crippen LogP) is 1.73. The highest BCUT2D eigenvalue weighted by molar-refractivity contribution is 14.1. The maximum atomic E-state index is 12.2. The van der Waals surface area contributed by atoms with Crippen LogP contribution in [0.4, 0.5) is 0 Å². The van der Waals surface area contributed by atoms with Gasteiger partial charge in [0.05, 0.1) is 18.2 Å². The van der Waals surface area contributed by atoms with Crippen LogP contribution >= 0.6 is 22.6 Å². The van der Waals surface area contributed by atoms with Gasteiger partial charge in [0, 0.05) is 4.43 Å². The molecule has 0 saturated heterocycles. The summed E-state index contributed by atoms with van der Waals surface area (Å²) in [5.74, 6) is -2.50. The fourth-order valence-electron chi connectivity index (χ4n) is 1.74. The summed E-state index contributed by atoms with van der Waals surface area (Å²) >= 11 is 2.10. The number of carboxylic acid groups (broad SMARTS) is 1. The first-order valence-electron chi connectivity index (χ1n) is 6.19. The second kappa shape index (κ2) is 7.96. The van der Waals surface area contributed by atoms with Gasteiger partial charge in [0.2, 0.25) is 0 Å². The van der Waals surface area contributed by atoms with Crippen molar-refractivity contribution in [3.05, 3.63) is 35.4 Å². The van der Waals surface area contributed by atoms with E-state index in [1.54, 1.807) is 13.0 Å². The van der Waals surface area contributed by atoms with Gasteiger partial charge in [0.25, 0.3) is 5.91 Å². The smallest absolute Gasteiger partial charge is 0.336 e. The van der Waals surface area contributed by atoms with E-state index in [1.807, 2.05) is 0 Å². The van der Waals surface area contributed by atoms with Crippen LogP contribution in [0.15, 0.2) is 24.3 Å². The van der Waals surface area contributed by atoms with E-state index in [0.717, 1.165) is 0 Å². The van der Waals surface area contributed by atoms with Crippen LogP contribution in [0, 0.1) is 5.92 Å². The van der Waals surface area contributed by atoms with Crippen molar-refractivity contribution < 1.29 is 24.2 Å². The molecule has 7 heteroatoms. The molecule has 1 unspecified atom stereocenters. The number of esters is 1. The zero-order valence-electron chi connectivity index (χ0n) is 11.6. The topological polar surface area (TPSA) is 92.7 Å². The van der Waals surface area contributed by atoms with Crippen LogP contribution in [0.3, 0.4) is 0 Å². The van der Waals surface area contributed by atoms with E-state index < -0.39 is 23.9 Å². The Morgan fingerprint density at radius 3 is 2.33 bits per heavy atom. The Hall–Kier alpha value is -1.64. The van der Waals surface area contributed by atoms with Crippen LogP contribution in [0.2, 0.25) is 0 Å². The molecule has 0 radical (unpaired) electrons. The molecule has 1 aromatic carbocycles. The first-order chi connectivity index (χ1) is 9.92. The molecule has 0 spiro atoms. The first kappa shape index (κ1) is 17.4. The molecule has 21 heavy (non-hydrogen) atoms. The van der Waals surface area contributed by atoms with E-state index in [4.69, 9.17) is 5.11 Å². The van der Waals surface area contributed by atoms with Gasteiger partial charge in [0.15, 0.2) is 0 Å². The number of alkyl halides is 1. The lowest BCUT2D eigenvalue weighted by atomic mass is 10.0. The predicted molar refractivity (Wildman–Crippen MR) is 84.7 cm³/mol. The van der Waals surface area contributed by atoms with Gasteiger partial charge in [-0.15, -0.1) is 0 Å². The van der Waals surface area contributed by atoms with Gasteiger partial charge in [-0.05, 0) is 18.1 Å². The average Bonchev–Trinajstić information content (AvgIpc) is 2.50. The molecule has 0 saturated carbocycles. The van der Waals surface area contributed by atoms with E-state index >= 15 is 0 Å². The Kier molecular flexibility index (Phi) is 6.60. The van der Waals surface area contributed by atoms with Crippen molar-refractivity contribution in [1.29, 1.82) is 0 Å². The third-order valence-corrected chi connectivity index (χ3v) is 4.35. The van der Waals surface area contributed by atoms with Crippen molar-refractivity contribution in [2.45, 2.75) is 13.0 Å². The molecule has 2 N–H and O–H groups in total. The summed E-state index contributed by atoms with van der Waals surface area (Å²) in [6.07, 6.45) is 0. The van der Waals surface area contributed by atoms with E-state index in [1.165, 1.54) is 25.3 Å². The number of nitrogens with one attached hydrogen (secondary N) is 1. The van der Waals surface area contributed by atoms with Crippen LogP contribution in [0.1, 0.15) is 27.6 Å². The van der Waals surface area contributed by atoms with Crippen molar-refractivity contribution in [1.82, 2.24) is 5.32 Å². The summed E-state index contributed by atoms with van der Waals surface area (Å²) in [7, 11) is 1.24. The highest BCUT2D eigenvalue weighted by Gasteiger charge is 2.28. The molecule has 0 aliphatic rings. The summed E-state index contributed by atoms with van der Waals surface area (Å²) in [5, 5.41) is 11.6. The van der Waals surface area contributed by atoms with Gasteiger partial charge in [-0.2, -0.15) is 0 Å². The fourth-order valence-corrected chi connectivity index (χ4v) is 2.24. The number of amides is 1. The Labute approximate surface area is 136 Å². The molecule has 6 nitrogen and oxygen atoms in total. The molecule has 1 amide bonds. The lowest BCUT2D eigenvalue weighted by Gasteiger charge is -2.21. The molecule has 2 atom stereocenters. The number of benzene rings is 1. The minimum atomic E-state index is -1.20. The van der Waals surface area contributed by atoms with E-state index in [2.05, 4.69) is 32.6 Å². The Balaban J connectivity index is 3.03. The molecule has 114 valence electrons. The summed E-state index contributed by atoms with van der Waals surface area (Å²) < 4.78 is 5.31. The normalized spacial score (nSPS) is 13.1. The van der Waals surface area contributed by atoms with Crippen LogP contribution in [0.25, 0.3) is 0 Å². The molecule has 0 aliphatic carbocycles. The number of ether oxygens (including phenoxy) is 1. The molecular weight excluding hydrogens is 389 g/mol. The number of aromatic carboxylic acids is 1. The van der Waals surface area contributed by atoms with Crippen molar-refractivity contribution >= 4 is 40.4 Å². The molecule has 0 heterocycles. The van der Waals surface area contributed by atoms with E-state index in [9.17, 15) is 14.4 Å². The number of rotatable bonds is 6. The fraction of sp³-hybridized carbons (Fsp3) is 0.357. The quantitative estimate of drug-likeness (QED) is 0.427. The van der Waals surface area contributed by atoms with Crippen molar-refractivity contribution in [3.63, 3.8) is 0 Å². The minimum absolute atomic E-state index is 0.0135. The molecular formula is C14H16INO5. The van der Waals surface area contributed by atoms with Crippen LogP contribution < -0.4 is 5.32 Å². The third-order valence-electron chi connectivity index (χ3n) is 2.96. The van der Waals surface area contributed by atoms with Crippen LogP contribution in [0.5, 0.6) is 0 Å². The molecule has 0 aromatic heterocycles. The van der Waals surface area contributed by atoms with Gasteiger partial charge < -0.3 is 15.2 Å². The Morgan fingerprint density at radius 2 is 1.86 bits per heavy atom. The van der Waals surface area contributed by atoms with Crippen LogP contribution in [-0.2, 0) is 9.53 Å². The molecule has 1 rings (SSSR count). The number of carbonyl (C=O) groups is 3. The van der Waals surface area contributed by atoms with Crippen LogP contribution in [-0.4, -0.2) is 40.5 Å². The second-order valence-electron chi connectivity index (χ2n) is 4.46. The number of carbonyl (C=O) groups excluding carboxylic acids is 2. The minimum Gasteiger partial charge on any atom is -0.478 e. The first-order valence-corrected chi connectivity index (χ1v) is 7.71. The number of methoxy groups -OCH3 is 1. The standard InChI is InChI=1S/C14H16INO5/c1-8(7-15)11(14(20)21-2)16-12(17)9-5-3-4-6-10(9)13(18)19/h3-6,8,11H,7H2,1-2H3,(H,16,17)(H,18,19)/t8?,11-/m0/s1. The average molecular weight is 405 g/mol. The van der Waals surface area contributed by atoms with Gasteiger partial charge in [0.1, 0.15) is 6.04 Å². The van der Waals surface area contributed by atoms with Crippen molar-refractivity contribution in [2.75, 3.05) is 11.5 Å². The molecule has 0 fully saturated rings. The second-order valence-corrected chi connectivity index (χ2v) is 5.34.